The number of aryl methyl sites for hydroxylation is 1. The molecule has 1 aliphatic carbocycles. The van der Waals surface area contributed by atoms with Crippen molar-refractivity contribution >= 4 is 17.0 Å². The number of hydrogen-bond acceptors (Lipinski definition) is 4. The highest BCUT2D eigenvalue weighted by Gasteiger charge is 2.53. The van der Waals surface area contributed by atoms with Crippen molar-refractivity contribution in [2.75, 3.05) is 6.54 Å². The number of rotatable bonds is 3. The van der Waals surface area contributed by atoms with E-state index in [2.05, 4.69) is 22.5 Å². The van der Waals surface area contributed by atoms with E-state index in [0.29, 0.717) is 17.4 Å². The molecule has 1 amide bonds. The third-order valence-electron chi connectivity index (χ3n) is 5.42. The lowest BCUT2D eigenvalue weighted by molar-refractivity contribution is 0.0875. The summed E-state index contributed by atoms with van der Waals surface area (Å²) in [5, 5.41) is 6.93. The van der Waals surface area contributed by atoms with Crippen LogP contribution in [0, 0.1) is 12.8 Å². The van der Waals surface area contributed by atoms with Gasteiger partial charge in [-0.05, 0) is 49.9 Å². The van der Waals surface area contributed by atoms with Crippen LogP contribution < -0.4 is 10.6 Å². The molecule has 1 aromatic carbocycles. The summed E-state index contributed by atoms with van der Waals surface area (Å²) in [6.07, 6.45) is 4.56. The first kappa shape index (κ1) is 14.7. The molecule has 1 aromatic heterocycles. The van der Waals surface area contributed by atoms with Crippen molar-refractivity contribution in [1.82, 2.24) is 15.6 Å². The first-order valence-corrected chi connectivity index (χ1v) is 8.54. The number of amides is 1. The minimum absolute atomic E-state index is 0.00835. The van der Waals surface area contributed by atoms with Crippen LogP contribution in [0.25, 0.3) is 11.1 Å². The van der Waals surface area contributed by atoms with Crippen LogP contribution in [0.1, 0.15) is 48.9 Å². The zero-order valence-corrected chi connectivity index (χ0v) is 13.7. The summed E-state index contributed by atoms with van der Waals surface area (Å²) < 4.78 is 5.48. The Morgan fingerprint density at radius 1 is 1.48 bits per heavy atom. The van der Waals surface area contributed by atoms with E-state index in [-0.39, 0.29) is 17.5 Å². The van der Waals surface area contributed by atoms with Crippen molar-refractivity contribution in [1.29, 1.82) is 0 Å². The van der Waals surface area contributed by atoms with Crippen LogP contribution in [0.3, 0.4) is 0 Å². The molecule has 1 saturated heterocycles. The minimum Gasteiger partial charge on any atom is -0.441 e. The quantitative estimate of drug-likeness (QED) is 0.914. The Labute approximate surface area is 135 Å². The molecule has 0 radical (unpaired) electrons. The Morgan fingerprint density at radius 3 is 3.04 bits per heavy atom. The van der Waals surface area contributed by atoms with Gasteiger partial charge in [-0.25, -0.2) is 4.98 Å². The molecule has 2 fully saturated rings. The van der Waals surface area contributed by atoms with Crippen LogP contribution in [0.2, 0.25) is 0 Å². The van der Waals surface area contributed by atoms with E-state index in [1.165, 1.54) is 0 Å². The Morgan fingerprint density at radius 2 is 2.30 bits per heavy atom. The van der Waals surface area contributed by atoms with Crippen molar-refractivity contribution in [2.24, 2.45) is 5.92 Å². The first-order chi connectivity index (χ1) is 11.1. The van der Waals surface area contributed by atoms with Crippen molar-refractivity contribution < 1.29 is 9.21 Å². The molecule has 2 atom stereocenters. The van der Waals surface area contributed by atoms with Gasteiger partial charge in [0, 0.05) is 18.0 Å². The van der Waals surface area contributed by atoms with Gasteiger partial charge in [0.2, 0.25) is 0 Å². The third kappa shape index (κ3) is 2.53. The number of benzene rings is 1. The van der Waals surface area contributed by atoms with Crippen molar-refractivity contribution in [2.45, 2.75) is 51.1 Å². The molecule has 23 heavy (non-hydrogen) atoms. The highest BCUT2D eigenvalue weighted by molar-refractivity contribution is 5.97. The first-order valence-electron chi connectivity index (χ1n) is 8.54. The second kappa shape index (κ2) is 5.34. The van der Waals surface area contributed by atoms with Gasteiger partial charge < -0.3 is 15.1 Å². The number of nitrogens with zero attached hydrogens (tertiary/aromatic N) is 1. The fraction of sp³-hybridized carbons (Fsp3) is 0.556. The average molecular weight is 313 g/mol. The van der Waals surface area contributed by atoms with Gasteiger partial charge in [0.15, 0.2) is 11.5 Å². The molecule has 2 unspecified atom stereocenters. The Balaban J connectivity index is 1.57. The lowest BCUT2D eigenvalue weighted by atomic mass is 9.83. The van der Waals surface area contributed by atoms with Crippen molar-refractivity contribution in [3.63, 3.8) is 0 Å². The highest BCUT2D eigenvalue weighted by atomic mass is 16.3. The molecular weight excluding hydrogens is 290 g/mol. The van der Waals surface area contributed by atoms with Crippen LogP contribution in [-0.2, 0) is 0 Å². The SMILES string of the molecule is CCC1CCNC2(CC2)C1NC(=O)c1ccc2oc(C)nc2c1. The standard InChI is InChI=1S/C18H23N3O2/c1-3-12-6-9-19-18(7-8-18)16(12)21-17(22)13-4-5-15-14(10-13)20-11(2)23-15/h4-5,10,12,16,19H,3,6-9H2,1-2H3,(H,21,22). The van der Waals surface area contributed by atoms with Crippen molar-refractivity contribution in [3.8, 4) is 0 Å². The summed E-state index contributed by atoms with van der Waals surface area (Å²) in [5.41, 5.74) is 2.26. The van der Waals surface area contributed by atoms with Gasteiger partial charge in [0.1, 0.15) is 5.52 Å². The number of piperidine rings is 1. The number of hydrogen-bond donors (Lipinski definition) is 2. The molecule has 2 N–H and O–H groups in total. The Kier molecular flexibility index (Phi) is 3.41. The van der Waals surface area contributed by atoms with E-state index in [1.807, 2.05) is 25.1 Å². The number of fused-ring (bicyclic) bond motifs is 1. The van der Waals surface area contributed by atoms with E-state index in [0.717, 1.165) is 43.3 Å². The monoisotopic (exact) mass is 313 g/mol. The number of aromatic nitrogens is 1. The van der Waals surface area contributed by atoms with Crippen LogP contribution in [0.5, 0.6) is 0 Å². The molecule has 1 aliphatic heterocycles. The summed E-state index contributed by atoms with van der Waals surface area (Å²) >= 11 is 0. The van der Waals surface area contributed by atoms with E-state index < -0.39 is 0 Å². The molecule has 4 rings (SSSR count). The Bertz CT molecular complexity index is 748. The number of nitrogens with one attached hydrogen (secondary N) is 2. The summed E-state index contributed by atoms with van der Waals surface area (Å²) in [6, 6.07) is 5.69. The summed E-state index contributed by atoms with van der Waals surface area (Å²) in [5.74, 6) is 1.17. The lowest BCUT2D eigenvalue weighted by Gasteiger charge is -2.40. The van der Waals surface area contributed by atoms with Gasteiger partial charge in [-0.2, -0.15) is 0 Å². The van der Waals surface area contributed by atoms with Gasteiger partial charge in [-0.1, -0.05) is 13.3 Å². The van der Waals surface area contributed by atoms with Crippen molar-refractivity contribution in [3.05, 3.63) is 29.7 Å². The third-order valence-corrected chi connectivity index (χ3v) is 5.42. The van der Waals surface area contributed by atoms with E-state index in [9.17, 15) is 4.79 Å². The highest BCUT2D eigenvalue weighted by Crippen LogP contribution is 2.45. The molecule has 0 bridgehead atoms. The van der Waals surface area contributed by atoms with E-state index >= 15 is 0 Å². The van der Waals surface area contributed by atoms with Crippen LogP contribution >= 0.6 is 0 Å². The number of carbonyl (C=O) groups excluding carboxylic acids is 1. The van der Waals surface area contributed by atoms with Crippen LogP contribution in [0.4, 0.5) is 0 Å². The summed E-state index contributed by atoms with van der Waals surface area (Å²) in [7, 11) is 0. The van der Waals surface area contributed by atoms with Crippen LogP contribution in [-0.4, -0.2) is 29.0 Å². The normalized spacial score (nSPS) is 25.7. The number of oxazole rings is 1. The predicted molar refractivity (Wildman–Crippen MR) is 88.4 cm³/mol. The molecule has 1 spiro atoms. The number of carbonyl (C=O) groups is 1. The molecular formula is C18H23N3O2. The summed E-state index contributed by atoms with van der Waals surface area (Å²) in [6.45, 7) is 5.10. The van der Waals surface area contributed by atoms with Crippen LogP contribution in [0.15, 0.2) is 22.6 Å². The fourth-order valence-corrected chi connectivity index (χ4v) is 3.96. The van der Waals surface area contributed by atoms with Gasteiger partial charge in [-0.3, -0.25) is 4.79 Å². The molecule has 122 valence electrons. The Hall–Kier alpha value is -1.88. The molecule has 1 saturated carbocycles. The van der Waals surface area contributed by atoms with E-state index in [4.69, 9.17) is 4.42 Å². The zero-order chi connectivity index (χ0) is 16.0. The molecule has 5 heteroatoms. The molecule has 2 aromatic rings. The largest absolute Gasteiger partial charge is 0.441 e. The average Bonchev–Trinajstić information content (AvgIpc) is 3.20. The van der Waals surface area contributed by atoms with E-state index in [1.54, 1.807) is 0 Å². The second-order valence-corrected chi connectivity index (χ2v) is 6.91. The molecule has 5 nitrogen and oxygen atoms in total. The fourth-order valence-electron chi connectivity index (χ4n) is 3.96. The predicted octanol–water partition coefficient (Wildman–Crippen LogP) is 2.79. The molecule has 2 aliphatic rings. The zero-order valence-electron chi connectivity index (χ0n) is 13.7. The topological polar surface area (TPSA) is 67.2 Å². The van der Waals surface area contributed by atoms with Gasteiger partial charge >= 0.3 is 0 Å². The summed E-state index contributed by atoms with van der Waals surface area (Å²) in [4.78, 5) is 17.1. The lowest BCUT2D eigenvalue weighted by Crippen LogP contribution is -2.59. The maximum atomic E-state index is 12.7. The van der Waals surface area contributed by atoms with Gasteiger partial charge in [0.25, 0.3) is 5.91 Å². The minimum atomic E-state index is -0.00835. The maximum Gasteiger partial charge on any atom is 0.251 e. The maximum absolute atomic E-state index is 12.7. The second-order valence-electron chi connectivity index (χ2n) is 6.91. The van der Waals surface area contributed by atoms with Gasteiger partial charge in [-0.15, -0.1) is 0 Å². The smallest absolute Gasteiger partial charge is 0.251 e. The van der Waals surface area contributed by atoms with Gasteiger partial charge in [0.05, 0.1) is 6.04 Å². The molecule has 2 heterocycles.